The molecule has 0 heterocycles. The molecule has 0 fully saturated rings. The van der Waals surface area contributed by atoms with Crippen LogP contribution in [0, 0.1) is 17.5 Å². The van der Waals surface area contributed by atoms with Gasteiger partial charge in [-0.3, -0.25) is 5.43 Å². The molecule has 0 aliphatic rings. The van der Waals surface area contributed by atoms with E-state index < -0.39 is 23.0 Å². The molecular formula is C8H5BrF3N3S. The summed E-state index contributed by atoms with van der Waals surface area (Å²) in [6, 6.07) is 0.684. The summed E-state index contributed by atoms with van der Waals surface area (Å²) in [5.74, 6) is -3.49. The highest BCUT2D eigenvalue weighted by molar-refractivity contribution is 9.10. The molecule has 0 radical (unpaired) electrons. The number of halogens is 4. The van der Waals surface area contributed by atoms with E-state index in [4.69, 9.17) is 5.73 Å². The predicted molar refractivity (Wildman–Crippen MR) is 61.5 cm³/mol. The van der Waals surface area contributed by atoms with Gasteiger partial charge in [-0.25, -0.2) is 13.2 Å². The van der Waals surface area contributed by atoms with Crippen LogP contribution < -0.4 is 11.2 Å². The molecule has 1 aromatic rings. The number of nitrogens with two attached hydrogens (primary N) is 1. The Hall–Kier alpha value is -1.15. The minimum atomic E-state index is -1.34. The largest absolute Gasteiger partial charge is 0.375 e. The van der Waals surface area contributed by atoms with Crippen LogP contribution in [0.5, 0.6) is 0 Å². The van der Waals surface area contributed by atoms with Crippen molar-refractivity contribution in [2.75, 3.05) is 0 Å². The lowest BCUT2D eigenvalue weighted by Crippen LogP contribution is -2.24. The number of nitrogens with zero attached hydrogens (tertiary/aromatic N) is 1. The fourth-order valence-corrected chi connectivity index (χ4v) is 1.33. The lowest BCUT2D eigenvalue weighted by Gasteiger charge is -2.02. The highest BCUT2D eigenvalue weighted by Crippen LogP contribution is 2.22. The Kier molecular flexibility index (Phi) is 4.25. The minimum absolute atomic E-state index is 0.174. The second-order valence-electron chi connectivity index (χ2n) is 2.62. The van der Waals surface area contributed by atoms with Gasteiger partial charge in [0, 0.05) is 0 Å². The van der Waals surface area contributed by atoms with Crippen LogP contribution in [0.25, 0.3) is 0 Å². The van der Waals surface area contributed by atoms with Crippen LogP contribution in [-0.2, 0) is 0 Å². The van der Waals surface area contributed by atoms with E-state index in [1.807, 2.05) is 0 Å². The number of hydrogen-bond donors (Lipinski definition) is 2. The smallest absolute Gasteiger partial charge is 0.184 e. The molecule has 16 heavy (non-hydrogen) atoms. The topological polar surface area (TPSA) is 50.4 Å². The standard InChI is InChI=1S/C8H5BrF3N3S/c9-4-1-5(10)7(12)3(6(4)11)2-14-15-8(13)16/h1-2H,(H3,13,15,16). The fraction of sp³-hybridized carbons (Fsp3) is 0. The van der Waals surface area contributed by atoms with Crippen molar-refractivity contribution in [2.45, 2.75) is 0 Å². The summed E-state index contributed by atoms with van der Waals surface area (Å²) in [5, 5.41) is 3.16. The molecule has 0 saturated carbocycles. The molecule has 0 aliphatic heterocycles. The number of benzene rings is 1. The Morgan fingerprint density at radius 1 is 1.44 bits per heavy atom. The number of rotatable bonds is 2. The maximum atomic E-state index is 13.3. The molecule has 1 rings (SSSR count). The Labute approximate surface area is 103 Å². The van der Waals surface area contributed by atoms with Gasteiger partial charge in [-0.15, -0.1) is 0 Å². The third kappa shape index (κ3) is 2.92. The first-order valence-corrected chi connectivity index (χ1v) is 5.05. The number of hydrazone groups is 1. The van der Waals surface area contributed by atoms with Crippen LogP contribution in [0.4, 0.5) is 13.2 Å². The summed E-state index contributed by atoms with van der Waals surface area (Å²) in [6.07, 6.45) is 0.748. The van der Waals surface area contributed by atoms with E-state index in [-0.39, 0.29) is 9.59 Å². The molecule has 0 atom stereocenters. The van der Waals surface area contributed by atoms with Crippen molar-refractivity contribution in [3.05, 3.63) is 33.6 Å². The van der Waals surface area contributed by atoms with Gasteiger partial charge in [0.2, 0.25) is 0 Å². The summed E-state index contributed by atoms with van der Waals surface area (Å²) in [4.78, 5) is 0. The Balaban J connectivity index is 3.12. The number of thiocarbonyl (C=S) groups is 1. The quantitative estimate of drug-likeness (QED) is 0.380. The maximum absolute atomic E-state index is 13.3. The van der Waals surface area contributed by atoms with Gasteiger partial charge < -0.3 is 5.73 Å². The highest BCUT2D eigenvalue weighted by atomic mass is 79.9. The molecule has 0 bridgehead atoms. The normalized spacial score (nSPS) is 10.8. The van der Waals surface area contributed by atoms with Crippen LogP contribution in [0.1, 0.15) is 5.56 Å². The summed E-state index contributed by atoms with van der Waals surface area (Å²) in [7, 11) is 0. The third-order valence-electron chi connectivity index (χ3n) is 1.51. The Bertz CT molecular complexity index is 438. The first kappa shape index (κ1) is 12.9. The van der Waals surface area contributed by atoms with Crippen molar-refractivity contribution >= 4 is 39.5 Å². The Morgan fingerprint density at radius 3 is 2.62 bits per heavy atom. The van der Waals surface area contributed by atoms with Crippen molar-refractivity contribution in [3.8, 4) is 0 Å². The van der Waals surface area contributed by atoms with Gasteiger partial charge in [-0.1, -0.05) is 0 Å². The van der Waals surface area contributed by atoms with Crippen LogP contribution >= 0.6 is 28.1 Å². The van der Waals surface area contributed by atoms with Gasteiger partial charge >= 0.3 is 0 Å². The molecule has 0 unspecified atom stereocenters. The van der Waals surface area contributed by atoms with Gasteiger partial charge in [0.1, 0.15) is 5.82 Å². The van der Waals surface area contributed by atoms with E-state index in [2.05, 4.69) is 38.7 Å². The monoisotopic (exact) mass is 311 g/mol. The summed E-state index contributed by atoms with van der Waals surface area (Å²) < 4.78 is 39.2. The van der Waals surface area contributed by atoms with E-state index >= 15 is 0 Å². The molecule has 3 N–H and O–H groups in total. The molecule has 3 nitrogen and oxygen atoms in total. The van der Waals surface area contributed by atoms with Gasteiger partial charge in [0.05, 0.1) is 16.3 Å². The van der Waals surface area contributed by atoms with Gasteiger partial charge in [-0.05, 0) is 34.2 Å². The van der Waals surface area contributed by atoms with Crippen molar-refractivity contribution in [1.82, 2.24) is 5.43 Å². The first-order chi connectivity index (χ1) is 7.43. The minimum Gasteiger partial charge on any atom is -0.375 e. The zero-order valence-electron chi connectivity index (χ0n) is 7.60. The second kappa shape index (κ2) is 5.26. The van der Waals surface area contributed by atoms with E-state index in [1.165, 1.54) is 0 Å². The van der Waals surface area contributed by atoms with E-state index in [0.29, 0.717) is 6.07 Å². The van der Waals surface area contributed by atoms with Crippen LogP contribution in [0.2, 0.25) is 0 Å². The summed E-state index contributed by atoms with van der Waals surface area (Å²) in [6.45, 7) is 0. The van der Waals surface area contributed by atoms with Crippen molar-refractivity contribution < 1.29 is 13.2 Å². The lowest BCUT2D eigenvalue weighted by molar-refractivity contribution is 0.491. The first-order valence-electron chi connectivity index (χ1n) is 3.85. The fourth-order valence-electron chi connectivity index (χ4n) is 0.865. The predicted octanol–water partition coefficient (Wildman–Crippen LogP) is 2.03. The van der Waals surface area contributed by atoms with Crippen LogP contribution in [-0.4, -0.2) is 11.3 Å². The van der Waals surface area contributed by atoms with Crippen LogP contribution in [0.3, 0.4) is 0 Å². The average molecular weight is 312 g/mol. The molecular weight excluding hydrogens is 307 g/mol. The van der Waals surface area contributed by atoms with E-state index in [9.17, 15) is 13.2 Å². The Morgan fingerprint density at radius 2 is 2.06 bits per heavy atom. The summed E-state index contributed by atoms with van der Waals surface area (Å²) >= 11 is 7.15. The van der Waals surface area contributed by atoms with Crippen molar-refractivity contribution in [3.63, 3.8) is 0 Å². The van der Waals surface area contributed by atoms with Gasteiger partial charge in [-0.2, -0.15) is 5.10 Å². The lowest BCUT2D eigenvalue weighted by atomic mass is 10.2. The van der Waals surface area contributed by atoms with Crippen LogP contribution in [0.15, 0.2) is 15.6 Å². The number of hydrogen-bond acceptors (Lipinski definition) is 2. The van der Waals surface area contributed by atoms with Gasteiger partial charge in [0.25, 0.3) is 0 Å². The molecule has 8 heteroatoms. The molecule has 0 aliphatic carbocycles. The highest BCUT2D eigenvalue weighted by Gasteiger charge is 2.15. The molecule has 0 spiro atoms. The zero-order chi connectivity index (χ0) is 12.3. The molecule has 86 valence electrons. The molecule has 1 aromatic carbocycles. The van der Waals surface area contributed by atoms with Crippen molar-refractivity contribution in [1.29, 1.82) is 0 Å². The molecule has 0 amide bonds. The van der Waals surface area contributed by atoms with Gasteiger partial charge in [0.15, 0.2) is 16.7 Å². The SMILES string of the molecule is NC(=S)NN=Cc1c(F)c(F)cc(Br)c1F. The zero-order valence-corrected chi connectivity index (χ0v) is 10.0. The van der Waals surface area contributed by atoms with Crippen molar-refractivity contribution in [2.24, 2.45) is 10.8 Å². The third-order valence-corrected chi connectivity index (χ3v) is 2.18. The molecule has 0 aromatic heterocycles. The average Bonchev–Trinajstić information content (AvgIpc) is 2.20. The maximum Gasteiger partial charge on any atom is 0.184 e. The van der Waals surface area contributed by atoms with E-state index in [0.717, 1.165) is 6.21 Å². The number of nitrogens with one attached hydrogen (secondary N) is 1. The second-order valence-corrected chi connectivity index (χ2v) is 3.91. The molecule has 0 saturated heterocycles. The summed E-state index contributed by atoms with van der Waals surface area (Å²) in [5.41, 5.74) is 6.49. The van der Waals surface area contributed by atoms with E-state index in [1.54, 1.807) is 0 Å².